The minimum atomic E-state index is -3.65. The molecular weight excluding hydrogens is 314 g/mol. The largest absolute Gasteiger partial charge is 0.336 e. The van der Waals surface area contributed by atoms with E-state index in [2.05, 4.69) is 0 Å². The average Bonchev–Trinajstić information content (AvgIpc) is 2.42. The predicted molar refractivity (Wildman–Crippen MR) is 90.5 cm³/mol. The molecule has 0 saturated carbocycles. The fourth-order valence-corrected chi connectivity index (χ4v) is 3.35. The number of hydrogen-bond donors (Lipinski definition) is 0. The molecule has 0 fully saturated rings. The number of amides is 1. The number of nitrogens with zero attached hydrogens (tertiary/aromatic N) is 3. The molecule has 0 aliphatic heterocycles. The lowest BCUT2D eigenvalue weighted by atomic mass is 10.2. The third kappa shape index (κ3) is 4.96. The topological polar surface area (TPSA) is 81.5 Å². The summed E-state index contributed by atoms with van der Waals surface area (Å²) in [6, 6.07) is 8.12. The number of carbonyl (C=O) groups is 1. The van der Waals surface area contributed by atoms with Crippen LogP contribution in [0.2, 0.25) is 0 Å². The Bertz CT molecular complexity index is 698. The number of benzene rings is 1. The van der Waals surface area contributed by atoms with Crippen LogP contribution in [0.25, 0.3) is 0 Å². The molecular formula is C16H23N3O3S. The van der Waals surface area contributed by atoms with Gasteiger partial charge in [0.15, 0.2) is 0 Å². The Labute approximate surface area is 138 Å². The highest BCUT2D eigenvalue weighted by molar-refractivity contribution is 7.92. The van der Waals surface area contributed by atoms with Gasteiger partial charge in [-0.15, -0.1) is 0 Å². The second-order valence-electron chi connectivity index (χ2n) is 5.92. The van der Waals surface area contributed by atoms with Crippen LogP contribution in [0.5, 0.6) is 0 Å². The van der Waals surface area contributed by atoms with Crippen molar-refractivity contribution < 1.29 is 13.2 Å². The van der Waals surface area contributed by atoms with Crippen molar-refractivity contribution in [2.45, 2.75) is 39.8 Å². The zero-order chi connectivity index (χ0) is 17.8. The van der Waals surface area contributed by atoms with Gasteiger partial charge in [0.1, 0.15) is 6.54 Å². The van der Waals surface area contributed by atoms with Gasteiger partial charge in [0.2, 0.25) is 15.9 Å². The molecule has 126 valence electrons. The Balaban J connectivity index is 3.20. The van der Waals surface area contributed by atoms with Gasteiger partial charge in [-0.1, -0.05) is 6.07 Å². The monoisotopic (exact) mass is 337 g/mol. The van der Waals surface area contributed by atoms with Crippen LogP contribution in [0.1, 0.15) is 33.3 Å². The molecule has 7 heteroatoms. The van der Waals surface area contributed by atoms with Crippen LogP contribution < -0.4 is 4.31 Å². The zero-order valence-corrected chi connectivity index (χ0v) is 15.0. The van der Waals surface area contributed by atoms with Gasteiger partial charge in [-0.3, -0.25) is 9.10 Å². The fraction of sp³-hybridized carbons (Fsp3) is 0.500. The molecule has 6 nitrogen and oxygen atoms in total. The zero-order valence-electron chi connectivity index (χ0n) is 14.1. The van der Waals surface area contributed by atoms with E-state index in [1.54, 1.807) is 23.1 Å². The molecule has 1 aromatic carbocycles. The molecule has 0 heterocycles. The summed E-state index contributed by atoms with van der Waals surface area (Å²) in [6.07, 6.45) is 1.05. The number of anilines is 1. The molecule has 1 amide bonds. The molecule has 0 N–H and O–H groups in total. The summed E-state index contributed by atoms with van der Waals surface area (Å²) >= 11 is 0. The summed E-state index contributed by atoms with van der Waals surface area (Å²) < 4.78 is 25.2. The van der Waals surface area contributed by atoms with Gasteiger partial charge < -0.3 is 4.90 Å². The van der Waals surface area contributed by atoms with E-state index in [0.717, 1.165) is 10.6 Å². The molecule has 0 unspecified atom stereocenters. The first-order valence-electron chi connectivity index (χ1n) is 7.37. The first kappa shape index (κ1) is 19.0. The second kappa shape index (κ2) is 7.47. The number of hydrogen-bond acceptors (Lipinski definition) is 4. The standard InChI is InChI=1S/C16H23N3O3S/c1-12(2)19(13(3)4)16(20)11-18(23(5,21)22)15-8-6-7-14(9-15)10-17/h6-9,12-13H,11H2,1-5H3. The second-order valence-corrected chi connectivity index (χ2v) is 7.83. The molecule has 0 aromatic heterocycles. The Kier molecular flexibility index (Phi) is 6.16. The summed E-state index contributed by atoms with van der Waals surface area (Å²) in [5.41, 5.74) is 0.653. The minimum Gasteiger partial charge on any atom is -0.336 e. The van der Waals surface area contributed by atoms with Crippen molar-refractivity contribution in [2.24, 2.45) is 0 Å². The van der Waals surface area contributed by atoms with Gasteiger partial charge in [0, 0.05) is 12.1 Å². The number of rotatable bonds is 6. The van der Waals surface area contributed by atoms with Crippen LogP contribution in [0.3, 0.4) is 0 Å². The smallest absolute Gasteiger partial charge is 0.243 e. The highest BCUT2D eigenvalue weighted by Gasteiger charge is 2.26. The first-order valence-corrected chi connectivity index (χ1v) is 9.21. The molecule has 0 spiro atoms. The number of nitriles is 1. The van der Waals surface area contributed by atoms with Gasteiger partial charge in [-0.05, 0) is 45.9 Å². The quantitative estimate of drug-likeness (QED) is 0.795. The lowest BCUT2D eigenvalue weighted by molar-refractivity contribution is -0.133. The summed E-state index contributed by atoms with van der Waals surface area (Å²) in [7, 11) is -3.65. The van der Waals surface area contributed by atoms with Gasteiger partial charge in [-0.25, -0.2) is 8.42 Å². The Morgan fingerprint density at radius 1 is 1.22 bits per heavy atom. The maximum Gasteiger partial charge on any atom is 0.243 e. The third-order valence-electron chi connectivity index (χ3n) is 3.34. The van der Waals surface area contributed by atoms with Crippen LogP contribution in [-0.4, -0.2) is 44.1 Å². The van der Waals surface area contributed by atoms with Gasteiger partial charge in [0.05, 0.1) is 23.6 Å². The molecule has 1 aromatic rings. The van der Waals surface area contributed by atoms with Gasteiger partial charge >= 0.3 is 0 Å². The maximum absolute atomic E-state index is 12.6. The van der Waals surface area contributed by atoms with Crippen LogP contribution in [0.15, 0.2) is 24.3 Å². The van der Waals surface area contributed by atoms with E-state index < -0.39 is 10.0 Å². The van der Waals surface area contributed by atoms with Crippen LogP contribution in [0.4, 0.5) is 5.69 Å². The van der Waals surface area contributed by atoms with Crippen molar-refractivity contribution >= 4 is 21.6 Å². The molecule has 0 aliphatic carbocycles. The summed E-state index contributed by atoms with van der Waals surface area (Å²) in [6.45, 7) is 7.26. The molecule has 0 atom stereocenters. The first-order chi connectivity index (χ1) is 10.6. The summed E-state index contributed by atoms with van der Waals surface area (Å²) in [4.78, 5) is 14.2. The van der Waals surface area contributed by atoms with E-state index in [1.165, 1.54) is 6.07 Å². The normalized spacial score (nSPS) is 11.4. The lowest BCUT2D eigenvalue weighted by Gasteiger charge is -2.33. The van der Waals surface area contributed by atoms with Crippen LogP contribution in [0, 0.1) is 11.3 Å². The Morgan fingerprint density at radius 2 is 1.78 bits per heavy atom. The van der Waals surface area contributed by atoms with Crippen molar-refractivity contribution in [1.82, 2.24) is 4.90 Å². The molecule has 0 saturated heterocycles. The van der Waals surface area contributed by atoms with Crippen molar-refractivity contribution in [3.05, 3.63) is 29.8 Å². The number of sulfonamides is 1. The highest BCUT2D eigenvalue weighted by atomic mass is 32.2. The van der Waals surface area contributed by atoms with E-state index in [-0.39, 0.29) is 24.5 Å². The molecule has 0 radical (unpaired) electrons. The van der Waals surface area contributed by atoms with Gasteiger partial charge in [0.25, 0.3) is 0 Å². The molecule has 0 aliphatic rings. The van der Waals surface area contributed by atoms with Crippen molar-refractivity contribution in [2.75, 3.05) is 17.1 Å². The summed E-state index contributed by atoms with van der Waals surface area (Å²) in [5.74, 6) is -0.275. The fourth-order valence-electron chi connectivity index (χ4n) is 2.51. The Hall–Kier alpha value is -2.07. The van der Waals surface area contributed by atoms with E-state index in [4.69, 9.17) is 5.26 Å². The van der Waals surface area contributed by atoms with Crippen molar-refractivity contribution in [3.8, 4) is 6.07 Å². The van der Waals surface area contributed by atoms with Crippen molar-refractivity contribution in [1.29, 1.82) is 5.26 Å². The van der Waals surface area contributed by atoms with Gasteiger partial charge in [-0.2, -0.15) is 5.26 Å². The number of carbonyl (C=O) groups excluding carboxylic acids is 1. The van der Waals surface area contributed by atoms with Crippen LogP contribution in [-0.2, 0) is 14.8 Å². The molecule has 0 bridgehead atoms. The maximum atomic E-state index is 12.6. The third-order valence-corrected chi connectivity index (χ3v) is 4.48. The van der Waals surface area contributed by atoms with E-state index in [9.17, 15) is 13.2 Å². The van der Waals surface area contributed by atoms with E-state index in [1.807, 2.05) is 33.8 Å². The molecule has 1 rings (SSSR count). The minimum absolute atomic E-state index is 0.0330. The molecule has 23 heavy (non-hydrogen) atoms. The predicted octanol–water partition coefficient (Wildman–Crippen LogP) is 1.97. The summed E-state index contributed by atoms with van der Waals surface area (Å²) in [5, 5.41) is 8.97. The lowest BCUT2D eigenvalue weighted by Crippen LogP contribution is -2.48. The van der Waals surface area contributed by atoms with Crippen molar-refractivity contribution in [3.63, 3.8) is 0 Å². The highest BCUT2D eigenvalue weighted by Crippen LogP contribution is 2.20. The van der Waals surface area contributed by atoms with Crippen LogP contribution >= 0.6 is 0 Å². The Morgan fingerprint density at radius 3 is 2.22 bits per heavy atom. The van der Waals surface area contributed by atoms with E-state index in [0.29, 0.717) is 11.3 Å². The SMILES string of the molecule is CC(C)N(C(=O)CN(c1cccc(C#N)c1)S(C)(=O)=O)C(C)C. The van der Waals surface area contributed by atoms with E-state index >= 15 is 0 Å². The average molecular weight is 337 g/mol.